The molecule has 1 unspecified atom stereocenters. The second kappa shape index (κ2) is 6.11. The molecule has 0 aliphatic heterocycles. The summed E-state index contributed by atoms with van der Waals surface area (Å²) < 4.78 is 0. The molecule has 0 radical (unpaired) electrons. The largest absolute Gasteiger partial charge is 0.309 e. The predicted octanol–water partition coefficient (Wildman–Crippen LogP) is 1.54. The maximum Gasteiger partial charge on any atom is 0.0544 e. The third kappa shape index (κ3) is 3.15. The number of nitrogens with zero attached hydrogens (tertiary/aromatic N) is 2. The Hall–Kier alpha value is -1.40. The van der Waals surface area contributed by atoms with Gasteiger partial charge >= 0.3 is 0 Å². The van der Waals surface area contributed by atoms with Crippen LogP contribution in [0.25, 0.3) is 0 Å². The minimum absolute atomic E-state index is 0.267. The van der Waals surface area contributed by atoms with Gasteiger partial charge in [-0.15, -0.1) is 11.8 Å². The van der Waals surface area contributed by atoms with Gasteiger partial charge in [0.2, 0.25) is 0 Å². The van der Waals surface area contributed by atoms with Gasteiger partial charge < -0.3 is 5.32 Å². The molecule has 1 N–H and O–H groups in total. The van der Waals surface area contributed by atoms with Crippen LogP contribution in [0, 0.1) is 11.8 Å². The summed E-state index contributed by atoms with van der Waals surface area (Å²) >= 11 is 0. The van der Waals surface area contributed by atoms with E-state index in [1.54, 1.807) is 12.4 Å². The van der Waals surface area contributed by atoms with Crippen molar-refractivity contribution in [2.75, 3.05) is 6.54 Å². The van der Waals surface area contributed by atoms with Gasteiger partial charge in [-0.3, -0.25) is 0 Å². The van der Waals surface area contributed by atoms with Crippen molar-refractivity contribution < 1.29 is 0 Å². The third-order valence-electron chi connectivity index (χ3n) is 1.94. The standard InChI is InChI=1S/C11H15N3/c1-3-5-6-11(12-4-2)10-7-8-13-14-9-10/h7-9,11-12H,4,6H2,1-2H3. The molecule has 0 amide bonds. The van der Waals surface area contributed by atoms with E-state index in [9.17, 15) is 0 Å². The molecule has 0 saturated heterocycles. The molecule has 14 heavy (non-hydrogen) atoms. The first-order valence-electron chi connectivity index (χ1n) is 4.78. The van der Waals surface area contributed by atoms with Crippen molar-refractivity contribution in [1.82, 2.24) is 15.5 Å². The zero-order chi connectivity index (χ0) is 10.2. The van der Waals surface area contributed by atoms with Crippen molar-refractivity contribution in [1.29, 1.82) is 0 Å². The van der Waals surface area contributed by atoms with Crippen LogP contribution in [0.1, 0.15) is 31.9 Å². The Morgan fingerprint density at radius 2 is 2.36 bits per heavy atom. The van der Waals surface area contributed by atoms with Crippen LogP contribution in [0.3, 0.4) is 0 Å². The zero-order valence-electron chi connectivity index (χ0n) is 8.62. The molecule has 1 heterocycles. The summed E-state index contributed by atoms with van der Waals surface area (Å²) in [5.41, 5.74) is 1.14. The Labute approximate surface area is 84.9 Å². The van der Waals surface area contributed by atoms with E-state index in [4.69, 9.17) is 0 Å². The fourth-order valence-electron chi connectivity index (χ4n) is 1.27. The van der Waals surface area contributed by atoms with E-state index in [1.165, 1.54) is 0 Å². The minimum Gasteiger partial charge on any atom is -0.309 e. The van der Waals surface area contributed by atoms with Crippen LogP contribution in [0.15, 0.2) is 18.5 Å². The monoisotopic (exact) mass is 189 g/mol. The fourth-order valence-corrected chi connectivity index (χ4v) is 1.27. The van der Waals surface area contributed by atoms with Gasteiger partial charge in [0.05, 0.1) is 6.20 Å². The van der Waals surface area contributed by atoms with Gasteiger partial charge in [-0.05, 0) is 25.1 Å². The highest BCUT2D eigenvalue weighted by atomic mass is 15.1. The first-order valence-corrected chi connectivity index (χ1v) is 4.78. The van der Waals surface area contributed by atoms with Crippen molar-refractivity contribution in [2.45, 2.75) is 26.3 Å². The second-order valence-electron chi connectivity index (χ2n) is 2.92. The molecule has 0 aliphatic carbocycles. The Bertz CT molecular complexity index is 310. The van der Waals surface area contributed by atoms with E-state index in [2.05, 4.69) is 34.3 Å². The van der Waals surface area contributed by atoms with E-state index in [0.29, 0.717) is 0 Å². The summed E-state index contributed by atoms with van der Waals surface area (Å²) in [7, 11) is 0. The Balaban J connectivity index is 2.70. The third-order valence-corrected chi connectivity index (χ3v) is 1.94. The Morgan fingerprint density at radius 3 is 2.93 bits per heavy atom. The normalized spacial score (nSPS) is 11.6. The van der Waals surface area contributed by atoms with E-state index in [-0.39, 0.29) is 6.04 Å². The minimum atomic E-state index is 0.267. The van der Waals surface area contributed by atoms with E-state index in [1.807, 2.05) is 13.0 Å². The molecule has 0 spiro atoms. The molecule has 0 aromatic carbocycles. The predicted molar refractivity (Wildman–Crippen MR) is 56.5 cm³/mol. The van der Waals surface area contributed by atoms with Crippen molar-refractivity contribution in [3.05, 3.63) is 24.0 Å². The maximum atomic E-state index is 3.86. The lowest BCUT2D eigenvalue weighted by atomic mass is 10.1. The number of rotatable bonds is 4. The molecule has 3 nitrogen and oxygen atoms in total. The smallest absolute Gasteiger partial charge is 0.0544 e. The quantitative estimate of drug-likeness (QED) is 0.730. The van der Waals surface area contributed by atoms with Crippen molar-refractivity contribution >= 4 is 0 Å². The Kier molecular flexibility index (Phi) is 4.66. The van der Waals surface area contributed by atoms with Crippen LogP contribution in [0.4, 0.5) is 0 Å². The van der Waals surface area contributed by atoms with Gasteiger partial charge in [0.15, 0.2) is 0 Å². The highest BCUT2D eigenvalue weighted by Crippen LogP contribution is 2.13. The molecule has 1 rings (SSSR count). The van der Waals surface area contributed by atoms with Gasteiger partial charge in [-0.2, -0.15) is 10.2 Å². The number of nitrogens with one attached hydrogen (secondary N) is 1. The number of aromatic nitrogens is 2. The average molecular weight is 189 g/mol. The molecule has 74 valence electrons. The number of hydrogen-bond acceptors (Lipinski definition) is 3. The number of hydrogen-bond donors (Lipinski definition) is 1. The summed E-state index contributed by atoms with van der Waals surface area (Å²) in [6.07, 6.45) is 4.31. The Morgan fingerprint density at radius 1 is 1.50 bits per heavy atom. The summed E-state index contributed by atoms with van der Waals surface area (Å²) in [4.78, 5) is 0. The van der Waals surface area contributed by atoms with Crippen LogP contribution in [-0.4, -0.2) is 16.7 Å². The van der Waals surface area contributed by atoms with Gasteiger partial charge in [0.1, 0.15) is 0 Å². The van der Waals surface area contributed by atoms with Crippen LogP contribution in [0.5, 0.6) is 0 Å². The lowest BCUT2D eigenvalue weighted by molar-refractivity contribution is 0.562. The summed E-state index contributed by atoms with van der Waals surface area (Å²) in [6.45, 7) is 4.87. The van der Waals surface area contributed by atoms with E-state index >= 15 is 0 Å². The van der Waals surface area contributed by atoms with Crippen LogP contribution < -0.4 is 5.32 Å². The SMILES string of the molecule is CC#CCC(NCC)c1ccnnc1. The molecule has 0 saturated carbocycles. The topological polar surface area (TPSA) is 37.8 Å². The molecule has 0 fully saturated rings. The lowest BCUT2D eigenvalue weighted by Crippen LogP contribution is -2.20. The van der Waals surface area contributed by atoms with Crippen LogP contribution in [-0.2, 0) is 0 Å². The van der Waals surface area contributed by atoms with Crippen LogP contribution in [0.2, 0.25) is 0 Å². The van der Waals surface area contributed by atoms with E-state index in [0.717, 1.165) is 18.5 Å². The maximum absolute atomic E-state index is 3.86. The highest BCUT2D eigenvalue weighted by molar-refractivity contribution is 5.14. The second-order valence-corrected chi connectivity index (χ2v) is 2.92. The van der Waals surface area contributed by atoms with Crippen molar-refractivity contribution in [2.24, 2.45) is 0 Å². The molecule has 0 aliphatic rings. The summed E-state index contributed by atoms with van der Waals surface area (Å²) in [5, 5.41) is 11.0. The molecule has 3 heteroatoms. The van der Waals surface area contributed by atoms with Gasteiger partial charge in [-0.1, -0.05) is 6.92 Å². The van der Waals surface area contributed by atoms with Crippen molar-refractivity contribution in [3.63, 3.8) is 0 Å². The molecule has 1 aromatic rings. The molecule has 1 aromatic heterocycles. The molecular weight excluding hydrogens is 174 g/mol. The lowest BCUT2D eigenvalue weighted by Gasteiger charge is -2.14. The molecular formula is C11H15N3. The van der Waals surface area contributed by atoms with Gasteiger partial charge in [0, 0.05) is 18.7 Å². The van der Waals surface area contributed by atoms with E-state index < -0.39 is 0 Å². The van der Waals surface area contributed by atoms with Gasteiger partial charge in [-0.25, -0.2) is 0 Å². The van der Waals surface area contributed by atoms with Crippen LogP contribution >= 0.6 is 0 Å². The van der Waals surface area contributed by atoms with Gasteiger partial charge in [0.25, 0.3) is 0 Å². The fraction of sp³-hybridized carbons (Fsp3) is 0.455. The first-order chi connectivity index (χ1) is 6.88. The molecule has 0 bridgehead atoms. The summed E-state index contributed by atoms with van der Waals surface area (Å²) in [5.74, 6) is 5.97. The first kappa shape index (κ1) is 10.7. The summed E-state index contributed by atoms with van der Waals surface area (Å²) in [6, 6.07) is 2.24. The average Bonchev–Trinajstić information content (AvgIpc) is 2.25. The zero-order valence-corrected chi connectivity index (χ0v) is 8.62. The van der Waals surface area contributed by atoms with Crippen molar-refractivity contribution in [3.8, 4) is 11.8 Å². The molecule has 1 atom stereocenters. The highest BCUT2D eigenvalue weighted by Gasteiger charge is 2.07.